The number of hydrogen-bond donors (Lipinski definition) is 0. The largest absolute Gasteiger partial charge is 0.550 e. The highest BCUT2D eigenvalue weighted by Crippen LogP contribution is 2.11. The lowest BCUT2D eigenvalue weighted by Gasteiger charge is -2.07. The molecule has 0 saturated carbocycles. The SMILES string of the molecule is CCOC(=O)/C(=C/c1ccccc1)CC(=O)[O-]. The minimum Gasteiger partial charge on any atom is -0.550 e. The van der Waals surface area contributed by atoms with Crippen LogP contribution in [0.15, 0.2) is 35.9 Å². The first-order valence-electron chi connectivity index (χ1n) is 5.26. The molecule has 0 aliphatic rings. The lowest BCUT2D eigenvalue weighted by molar-refractivity contribution is -0.304. The smallest absolute Gasteiger partial charge is 0.334 e. The fourth-order valence-corrected chi connectivity index (χ4v) is 1.31. The molecule has 0 amide bonds. The molecule has 90 valence electrons. The van der Waals surface area contributed by atoms with Gasteiger partial charge in [0.25, 0.3) is 0 Å². The lowest BCUT2D eigenvalue weighted by Crippen LogP contribution is -2.24. The number of esters is 1. The first kappa shape index (κ1) is 13.0. The summed E-state index contributed by atoms with van der Waals surface area (Å²) in [6, 6.07) is 8.98. The van der Waals surface area contributed by atoms with Gasteiger partial charge in [0.15, 0.2) is 0 Å². The molecule has 0 bridgehead atoms. The molecule has 0 aliphatic carbocycles. The Morgan fingerprint density at radius 3 is 2.47 bits per heavy atom. The van der Waals surface area contributed by atoms with Crippen molar-refractivity contribution in [3.63, 3.8) is 0 Å². The maximum absolute atomic E-state index is 11.5. The van der Waals surface area contributed by atoms with Crippen LogP contribution in [0.4, 0.5) is 0 Å². The summed E-state index contributed by atoms with van der Waals surface area (Å²) in [6.45, 7) is 1.87. The third-order valence-electron chi connectivity index (χ3n) is 2.01. The second-order valence-corrected chi connectivity index (χ2v) is 3.35. The van der Waals surface area contributed by atoms with E-state index in [-0.39, 0.29) is 12.2 Å². The van der Waals surface area contributed by atoms with Crippen molar-refractivity contribution in [2.45, 2.75) is 13.3 Å². The van der Waals surface area contributed by atoms with Crippen LogP contribution in [0.2, 0.25) is 0 Å². The van der Waals surface area contributed by atoms with Gasteiger partial charge in [0.1, 0.15) is 0 Å². The van der Waals surface area contributed by atoms with Crippen LogP contribution in [0.1, 0.15) is 18.9 Å². The zero-order valence-electron chi connectivity index (χ0n) is 9.51. The van der Waals surface area contributed by atoms with Crippen LogP contribution in [0.3, 0.4) is 0 Å². The number of carboxylic acids is 1. The number of benzene rings is 1. The highest BCUT2D eigenvalue weighted by Gasteiger charge is 2.10. The Morgan fingerprint density at radius 2 is 1.94 bits per heavy atom. The molecule has 0 heterocycles. The van der Waals surface area contributed by atoms with Gasteiger partial charge in [0.05, 0.1) is 6.61 Å². The molecule has 0 aliphatic heterocycles. The Balaban J connectivity index is 2.93. The maximum Gasteiger partial charge on any atom is 0.334 e. The average Bonchev–Trinajstić information content (AvgIpc) is 2.29. The number of hydrogen-bond acceptors (Lipinski definition) is 4. The third kappa shape index (κ3) is 4.51. The van der Waals surface area contributed by atoms with Crippen LogP contribution < -0.4 is 5.11 Å². The number of ether oxygens (including phenoxy) is 1. The van der Waals surface area contributed by atoms with E-state index in [0.717, 1.165) is 5.56 Å². The van der Waals surface area contributed by atoms with Gasteiger partial charge < -0.3 is 14.6 Å². The van der Waals surface area contributed by atoms with E-state index in [0.29, 0.717) is 0 Å². The first-order valence-corrected chi connectivity index (χ1v) is 5.26. The summed E-state index contributed by atoms with van der Waals surface area (Å²) in [5.41, 5.74) is 0.829. The summed E-state index contributed by atoms with van der Waals surface area (Å²) in [5.74, 6) is -1.93. The predicted octanol–water partition coefficient (Wildman–Crippen LogP) is 0.773. The van der Waals surface area contributed by atoms with Gasteiger partial charge in [-0.15, -0.1) is 0 Å². The molecule has 17 heavy (non-hydrogen) atoms. The first-order chi connectivity index (χ1) is 8.13. The van der Waals surface area contributed by atoms with E-state index in [2.05, 4.69) is 0 Å². The average molecular weight is 233 g/mol. The van der Waals surface area contributed by atoms with Crippen molar-refractivity contribution in [1.82, 2.24) is 0 Å². The summed E-state index contributed by atoms with van der Waals surface area (Å²) >= 11 is 0. The van der Waals surface area contributed by atoms with Crippen LogP contribution in [0.5, 0.6) is 0 Å². The highest BCUT2D eigenvalue weighted by atomic mass is 16.5. The van der Waals surface area contributed by atoms with Gasteiger partial charge in [0.2, 0.25) is 0 Å². The van der Waals surface area contributed by atoms with Crippen molar-refractivity contribution in [2.24, 2.45) is 0 Å². The van der Waals surface area contributed by atoms with Crippen molar-refractivity contribution in [2.75, 3.05) is 6.61 Å². The van der Waals surface area contributed by atoms with Crippen LogP contribution in [0, 0.1) is 0 Å². The molecule has 0 aromatic heterocycles. The lowest BCUT2D eigenvalue weighted by atomic mass is 10.1. The fraction of sp³-hybridized carbons (Fsp3) is 0.231. The van der Waals surface area contributed by atoms with E-state index >= 15 is 0 Å². The van der Waals surface area contributed by atoms with Gasteiger partial charge in [-0.05, 0) is 18.6 Å². The Labute approximate surface area is 99.5 Å². The summed E-state index contributed by atoms with van der Waals surface area (Å²) in [4.78, 5) is 22.1. The number of rotatable bonds is 5. The van der Waals surface area contributed by atoms with E-state index < -0.39 is 18.4 Å². The van der Waals surface area contributed by atoms with Crippen LogP contribution in [-0.4, -0.2) is 18.5 Å². The normalized spacial score (nSPS) is 11.0. The molecule has 0 saturated heterocycles. The van der Waals surface area contributed by atoms with Gasteiger partial charge in [-0.1, -0.05) is 30.3 Å². The van der Waals surface area contributed by atoms with Crippen molar-refractivity contribution in [3.8, 4) is 0 Å². The second-order valence-electron chi connectivity index (χ2n) is 3.35. The standard InChI is InChI=1S/C13H14O4/c1-2-17-13(16)11(9-12(14)15)8-10-6-4-3-5-7-10/h3-8H,2,9H2,1H3,(H,14,15)/p-1/b11-8+. The van der Waals surface area contributed by atoms with Crippen LogP contribution in [-0.2, 0) is 14.3 Å². The number of carbonyl (C=O) groups excluding carboxylic acids is 2. The van der Waals surface area contributed by atoms with Gasteiger partial charge in [0, 0.05) is 18.0 Å². The van der Waals surface area contributed by atoms with Crippen molar-refractivity contribution in [1.29, 1.82) is 0 Å². The Morgan fingerprint density at radius 1 is 1.29 bits per heavy atom. The van der Waals surface area contributed by atoms with E-state index in [4.69, 9.17) is 4.74 Å². The van der Waals surface area contributed by atoms with Crippen molar-refractivity contribution >= 4 is 18.0 Å². The van der Waals surface area contributed by atoms with Gasteiger partial charge >= 0.3 is 5.97 Å². The van der Waals surface area contributed by atoms with Crippen LogP contribution >= 0.6 is 0 Å². The van der Waals surface area contributed by atoms with Gasteiger partial charge in [-0.2, -0.15) is 0 Å². The second kappa shape index (κ2) is 6.48. The van der Waals surface area contributed by atoms with Gasteiger partial charge in [-0.25, -0.2) is 4.79 Å². The number of carbonyl (C=O) groups is 2. The zero-order valence-corrected chi connectivity index (χ0v) is 9.51. The summed E-state index contributed by atoms with van der Waals surface area (Å²) in [5, 5.41) is 10.5. The molecule has 4 heteroatoms. The molecule has 1 aromatic carbocycles. The van der Waals surface area contributed by atoms with E-state index in [1.807, 2.05) is 6.07 Å². The molecule has 0 N–H and O–H groups in total. The van der Waals surface area contributed by atoms with Crippen molar-refractivity contribution in [3.05, 3.63) is 41.5 Å². The monoisotopic (exact) mass is 233 g/mol. The van der Waals surface area contributed by atoms with Crippen LogP contribution in [0.25, 0.3) is 6.08 Å². The number of carboxylic acid groups (broad SMARTS) is 1. The molecule has 0 unspecified atom stereocenters. The Kier molecular flexibility index (Phi) is 4.94. The Hall–Kier alpha value is -2.10. The molecule has 0 fully saturated rings. The summed E-state index contributed by atoms with van der Waals surface area (Å²) in [7, 11) is 0. The molecular formula is C13H13O4-. The highest BCUT2D eigenvalue weighted by molar-refractivity contribution is 5.97. The topological polar surface area (TPSA) is 66.4 Å². The summed E-state index contributed by atoms with van der Waals surface area (Å²) in [6.07, 6.45) is 1.04. The molecule has 0 radical (unpaired) electrons. The molecule has 4 nitrogen and oxygen atoms in total. The molecule has 1 rings (SSSR count). The molecule has 1 aromatic rings. The maximum atomic E-state index is 11.5. The van der Waals surface area contributed by atoms with Gasteiger partial charge in [-0.3, -0.25) is 0 Å². The zero-order chi connectivity index (χ0) is 12.7. The fourth-order valence-electron chi connectivity index (χ4n) is 1.31. The quantitative estimate of drug-likeness (QED) is 0.556. The molecular weight excluding hydrogens is 220 g/mol. The van der Waals surface area contributed by atoms with E-state index in [1.165, 1.54) is 6.08 Å². The third-order valence-corrected chi connectivity index (χ3v) is 2.01. The Bertz CT molecular complexity index is 420. The van der Waals surface area contributed by atoms with Crippen molar-refractivity contribution < 1.29 is 19.4 Å². The summed E-state index contributed by atoms with van der Waals surface area (Å²) < 4.78 is 4.78. The minimum absolute atomic E-state index is 0.0815. The molecule has 0 spiro atoms. The predicted molar refractivity (Wildman–Crippen MR) is 60.7 cm³/mol. The molecule has 0 atom stereocenters. The van der Waals surface area contributed by atoms with E-state index in [9.17, 15) is 14.7 Å². The van der Waals surface area contributed by atoms with E-state index in [1.54, 1.807) is 31.2 Å². The number of aliphatic carboxylic acids is 1. The minimum atomic E-state index is -1.31.